The maximum atomic E-state index is 12.3. The van der Waals surface area contributed by atoms with E-state index in [4.69, 9.17) is 21.1 Å². The van der Waals surface area contributed by atoms with E-state index in [1.54, 1.807) is 48.5 Å². The summed E-state index contributed by atoms with van der Waals surface area (Å²) in [6.07, 6.45) is 7.42. The highest BCUT2D eigenvalue weighted by Crippen LogP contribution is 2.17. The number of amides is 1. The molecular weight excluding hydrogens is 402 g/mol. The summed E-state index contributed by atoms with van der Waals surface area (Å²) in [6, 6.07) is 14.1. The van der Waals surface area contributed by atoms with Gasteiger partial charge in [0.15, 0.2) is 0 Å². The minimum Gasteiger partial charge on any atom is -0.494 e. The van der Waals surface area contributed by atoms with E-state index in [-0.39, 0.29) is 11.9 Å². The first-order valence-corrected chi connectivity index (χ1v) is 10.6. The van der Waals surface area contributed by atoms with Crippen LogP contribution in [0.5, 0.6) is 5.75 Å². The SMILES string of the molecule is C=CC(=O)OCCCCCCCCOc1ccc(C(=O)Nc2ccc(Cl)cc2)cc1. The van der Waals surface area contributed by atoms with Crippen molar-refractivity contribution >= 4 is 29.2 Å². The number of esters is 1. The Bertz CT molecular complexity index is 803. The van der Waals surface area contributed by atoms with Crippen molar-refractivity contribution in [2.45, 2.75) is 38.5 Å². The first-order chi connectivity index (χ1) is 14.6. The summed E-state index contributed by atoms with van der Waals surface area (Å²) in [4.78, 5) is 23.2. The molecule has 160 valence electrons. The van der Waals surface area contributed by atoms with E-state index in [0.717, 1.165) is 44.3 Å². The molecule has 2 aromatic carbocycles. The van der Waals surface area contributed by atoms with E-state index in [1.165, 1.54) is 6.08 Å². The molecule has 2 aromatic rings. The second-order valence-electron chi connectivity index (χ2n) is 6.83. The fourth-order valence-electron chi connectivity index (χ4n) is 2.77. The lowest BCUT2D eigenvalue weighted by Gasteiger charge is -2.08. The van der Waals surface area contributed by atoms with Crippen molar-refractivity contribution in [3.05, 3.63) is 71.8 Å². The number of ether oxygens (including phenoxy) is 2. The number of carbonyl (C=O) groups is 2. The van der Waals surface area contributed by atoms with Crippen LogP contribution in [0.2, 0.25) is 5.02 Å². The molecule has 0 atom stereocenters. The van der Waals surface area contributed by atoms with Crippen LogP contribution in [0.3, 0.4) is 0 Å². The Morgan fingerprint density at radius 1 is 0.867 bits per heavy atom. The third kappa shape index (κ3) is 9.14. The van der Waals surface area contributed by atoms with Crippen LogP contribution in [-0.2, 0) is 9.53 Å². The molecule has 1 N–H and O–H groups in total. The second kappa shape index (κ2) is 13.4. The summed E-state index contributed by atoms with van der Waals surface area (Å²) in [6.45, 7) is 4.47. The number of hydrogen-bond acceptors (Lipinski definition) is 4. The van der Waals surface area contributed by atoms with Crippen molar-refractivity contribution in [2.24, 2.45) is 0 Å². The number of carbonyl (C=O) groups excluding carboxylic acids is 2. The Kier molecular flexibility index (Phi) is 10.5. The molecule has 2 rings (SSSR count). The molecule has 0 heterocycles. The van der Waals surface area contributed by atoms with E-state index in [9.17, 15) is 9.59 Å². The molecule has 0 radical (unpaired) electrons. The third-order valence-electron chi connectivity index (χ3n) is 4.44. The molecule has 30 heavy (non-hydrogen) atoms. The summed E-state index contributed by atoms with van der Waals surface area (Å²) >= 11 is 5.85. The van der Waals surface area contributed by atoms with Crippen LogP contribution in [0.25, 0.3) is 0 Å². The fraction of sp³-hybridized carbons (Fsp3) is 0.333. The summed E-state index contributed by atoms with van der Waals surface area (Å²) in [7, 11) is 0. The molecule has 0 aromatic heterocycles. The lowest BCUT2D eigenvalue weighted by molar-refractivity contribution is -0.137. The number of hydrogen-bond donors (Lipinski definition) is 1. The summed E-state index contributed by atoms with van der Waals surface area (Å²) in [5.74, 6) is 0.215. The van der Waals surface area contributed by atoms with Gasteiger partial charge in [-0.1, -0.05) is 43.9 Å². The smallest absolute Gasteiger partial charge is 0.330 e. The van der Waals surface area contributed by atoms with Crippen molar-refractivity contribution in [3.8, 4) is 5.75 Å². The molecule has 1 amide bonds. The molecule has 6 heteroatoms. The molecule has 0 unspecified atom stereocenters. The zero-order valence-electron chi connectivity index (χ0n) is 17.1. The van der Waals surface area contributed by atoms with Crippen molar-refractivity contribution in [2.75, 3.05) is 18.5 Å². The van der Waals surface area contributed by atoms with Gasteiger partial charge in [0.2, 0.25) is 0 Å². The van der Waals surface area contributed by atoms with E-state index in [1.807, 2.05) is 0 Å². The minimum absolute atomic E-state index is 0.178. The molecule has 0 aliphatic rings. The highest BCUT2D eigenvalue weighted by molar-refractivity contribution is 6.30. The Morgan fingerprint density at radius 3 is 2.10 bits per heavy atom. The maximum Gasteiger partial charge on any atom is 0.330 e. The van der Waals surface area contributed by atoms with Gasteiger partial charge in [0.05, 0.1) is 13.2 Å². The molecule has 5 nitrogen and oxygen atoms in total. The molecule has 0 bridgehead atoms. The van der Waals surface area contributed by atoms with Crippen LogP contribution in [0, 0.1) is 0 Å². The number of halogens is 1. The Balaban J connectivity index is 1.56. The standard InChI is InChI=1S/C24H28ClNO4/c1-2-23(27)30-18-8-6-4-3-5-7-17-29-22-15-9-19(10-16-22)24(28)26-21-13-11-20(25)12-14-21/h2,9-16H,1,3-8,17-18H2,(H,26,28). The Morgan fingerprint density at radius 2 is 1.47 bits per heavy atom. The van der Waals surface area contributed by atoms with Gasteiger partial charge in [0.1, 0.15) is 5.75 Å². The van der Waals surface area contributed by atoms with Crippen LogP contribution < -0.4 is 10.1 Å². The van der Waals surface area contributed by atoms with Gasteiger partial charge in [-0.2, -0.15) is 0 Å². The topological polar surface area (TPSA) is 64.6 Å². The number of nitrogens with one attached hydrogen (secondary N) is 1. The maximum absolute atomic E-state index is 12.3. The molecule has 0 aliphatic carbocycles. The summed E-state index contributed by atoms with van der Waals surface area (Å²) in [5, 5.41) is 3.46. The van der Waals surface area contributed by atoms with E-state index in [2.05, 4.69) is 11.9 Å². The highest BCUT2D eigenvalue weighted by Gasteiger charge is 2.06. The zero-order chi connectivity index (χ0) is 21.6. The first-order valence-electron chi connectivity index (χ1n) is 10.2. The minimum atomic E-state index is -0.359. The van der Waals surface area contributed by atoms with Crippen molar-refractivity contribution in [1.29, 1.82) is 0 Å². The quantitative estimate of drug-likeness (QED) is 0.239. The number of anilines is 1. The van der Waals surface area contributed by atoms with Gasteiger partial charge in [-0.3, -0.25) is 4.79 Å². The van der Waals surface area contributed by atoms with Gasteiger partial charge in [-0.25, -0.2) is 4.79 Å². The third-order valence-corrected chi connectivity index (χ3v) is 4.69. The molecule has 0 saturated carbocycles. The summed E-state index contributed by atoms with van der Waals surface area (Å²) in [5.41, 5.74) is 1.26. The van der Waals surface area contributed by atoms with Crippen LogP contribution in [0.4, 0.5) is 5.69 Å². The second-order valence-corrected chi connectivity index (χ2v) is 7.26. The van der Waals surface area contributed by atoms with Gasteiger partial charge in [0, 0.05) is 22.3 Å². The van der Waals surface area contributed by atoms with Gasteiger partial charge in [-0.15, -0.1) is 0 Å². The summed E-state index contributed by atoms with van der Waals surface area (Å²) < 4.78 is 10.7. The molecule has 0 saturated heterocycles. The fourth-order valence-corrected chi connectivity index (χ4v) is 2.90. The molecular formula is C24H28ClNO4. The van der Waals surface area contributed by atoms with Gasteiger partial charge in [-0.05, 0) is 61.4 Å². The van der Waals surface area contributed by atoms with Crippen LogP contribution in [0.15, 0.2) is 61.2 Å². The van der Waals surface area contributed by atoms with E-state index in [0.29, 0.717) is 29.5 Å². The predicted octanol–water partition coefficient (Wildman–Crippen LogP) is 6.04. The Hall–Kier alpha value is -2.79. The molecule has 0 spiro atoms. The van der Waals surface area contributed by atoms with Gasteiger partial charge < -0.3 is 14.8 Å². The van der Waals surface area contributed by atoms with Crippen LogP contribution in [0.1, 0.15) is 48.9 Å². The molecule has 0 fully saturated rings. The van der Waals surface area contributed by atoms with E-state index >= 15 is 0 Å². The highest BCUT2D eigenvalue weighted by atomic mass is 35.5. The lowest BCUT2D eigenvalue weighted by Crippen LogP contribution is -2.11. The van der Waals surface area contributed by atoms with Crippen molar-refractivity contribution in [3.63, 3.8) is 0 Å². The normalized spacial score (nSPS) is 10.3. The van der Waals surface area contributed by atoms with Crippen LogP contribution in [-0.4, -0.2) is 25.1 Å². The van der Waals surface area contributed by atoms with Crippen molar-refractivity contribution in [1.82, 2.24) is 0 Å². The number of rotatable bonds is 13. The monoisotopic (exact) mass is 429 g/mol. The van der Waals surface area contributed by atoms with Crippen LogP contribution >= 0.6 is 11.6 Å². The predicted molar refractivity (Wildman–Crippen MR) is 120 cm³/mol. The molecule has 0 aliphatic heterocycles. The average molecular weight is 430 g/mol. The average Bonchev–Trinajstić information content (AvgIpc) is 2.76. The largest absolute Gasteiger partial charge is 0.494 e. The lowest BCUT2D eigenvalue weighted by atomic mass is 10.1. The first kappa shape index (κ1) is 23.5. The van der Waals surface area contributed by atoms with Crippen molar-refractivity contribution < 1.29 is 19.1 Å². The van der Waals surface area contributed by atoms with Gasteiger partial charge in [0.25, 0.3) is 5.91 Å². The Labute approximate surface area is 183 Å². The zero-order valence-corrected chi connectivity index (χ0v) is 17.8. The number of benzene rings is 2. The van der Waals surface area contributed by atoms with Gasteiger partial charge >= 0.3 is 5.97 Å². The van der Waals surface area contributed by atoms with E-state index < -0.39 is 0 Å². The number of unbranched alkanes of at least 4 members (excludes halogenated alkanes) is 5.